The van der Waals surface area contributed by atoms with Crippen LogP contribution in [0.4, 0.5) is 0 Å². The maximum atomic E-state index is 5.53. The minimum atomic E-state index is 0.255. The maximum Gasteiger partial charge on any atom is 0.0587 e. The van der Waals surface area contributed by atoms with Gasteiger partial charge in [-0.25, -0.2) is 0 Å². The number of hydrazine groups is 1. The van der Waals surface area contributed by atoms with Gasteiger partial charge in [-0.3, -0.25) is 11.3 Å². The fraction of sp³-hybridized carbons (Fsp3) is 0.400. The molecule has 3 heteroatoms. The van der Waals surface area contributed by atoms with Crippen LogP contribution < -0.4 is 11.3 Å². The number of hydrogen-bond donors (Lipinski definition) is 2. The van der Waals surface area contributed by atoms with Gasteiger partial charge in [0, 0.05) is 4.83 Å². The van der Waals surface area contributed by atoms with E-state index in [2.05, 4.69) is 45.6 Å². The second-order valence-electron chi connectivity index (χ2n) is 3.40. The Bertz CT molecular complexity index is 301. The van der Waals surface area contributed by atoms with Crippen molar-refractivity contribution >= 4 is 15.9 Å². The van der Waals surface area contributed by atoms with Crippen molar-refractivity contribution in [2.24, 2.45) is 5.84 Å². The molecule has 1 aliphatic rings. The molecule has 0 radical (unpaired) electrons. The minimum Gasteiger partial charge on any atom is -0.271 e. The molecular weight excluding hydrogens is 228 g/mol. The first-order chi connectivity index (χ1) is 6.33. The summed E-state index contributed by atoms with van der Waals surface area (Å²) in [5, 5.41) is 0. The Morgan fingerprint density at radius 1 is 1.38 bits per heavy atom. The highest BCUT2D eigenvalue weighted by atomic mass is 79.9. The lowest BCUT2D eigenvalue weighted by molar-refractivity contribution is 0.490. The fourth-order valence-electron chi connectivity index (χ4n) is 1.91. The summed E-state index contributed by atoms with van der Waals surface area (Å²) in [6.07, 6.45) is 2.29. The van der Waals surface area contributed by atoms with E-state index in [1.54, 1.807) is 0 Å². The van der Waals surface area contributed by atoms with E-state index in [1.807, 2.05) is 0 Å². The zero-order valence-electron chi connectivity index (χ0n) is 7.33. The minimum absolute atomic E-state index is 0.255. The summed E-state index contributed by atoms with van der Waals surface area (Å²) in [5.74, 6) is 5.53. The standard InChI is InChI=1S/C10H13BrN2/c11-9-6-5-7-3-1-2-4-8(7)10(9)13-12/h1-4,9-10,13H,5-6,12H2/t9-,10+/m1/s1. The quantitative estimate of drug-likeness (QED) is 0.447. The molecule has 0 unspecified atom stereocenters. The van der Waals surface area contributed by atoms with Crippen LogP contribution in [0.15, 0.2) is 24.3 Å². The van der Waals surface area contributed by atoms with E-state index in [-0.39, 0.29) is 6.04 Å². The molecule has 0 saturated heterocycles. The molecule has 0 saturated carbocycles. The molecule has 0 aromatic heterocycles. The zero-order chi connectivity index (χ0) is 9.26. The Hall–Kier alpha value is -0.380. The van der Waals surface area contributed by atoms with Crippen molar-refractivity contribution in [3.63, 3.8) is 0 Å². The molecule has 0 aliphatic heterocycles. The summed E-state index contributed by atoms with van der Waals surface area (Å²) >= 11 is 3.64. The maximum absolute atomic E-state index is 5.53. The van der Waals surface area contributed by atoms with Gasteiger partial charge in [-0.15, -0.1) is 0 Å². The highest BCUT2D eigenvalue weighted by Crippen LogP contribution is 2.33. The van der Waals surface area contributed by atoms with Gasteiger partial charge in [0.05, 0.1) is 6.04 Å². The zero-order valence-corrected chi connectivity index (χ0v) is 8.92. The average Bonchev–Trinajstić information content (AvgIpc) is 2.18. The first kappa shape index (κ1) is 9.19. The number of aryl methyl sites for hydroxylation is 1. The first-order valence-corrected chi connectivity index (χ1v) is 5.42. The van der Waals surface area contributed by atoms with Crippen LogP contribution in [0, 0.1) is 0 Å². The van der Waals surface area contributed by atoms with Crippen LogP contribution in [0.5, 0.6) is 0 Å². The lowest BCUT2D eigenvalue weighted by Gasteiger charge is -2.29. The normalized spacial score (nSPS) is 26.9. The molecule has 0 fully saturated rings. The smallest absolute Gasteiger partial charge is 0.0587 e. The topological polar surface area (TPSA) is 38.0 Å². The third-order valence-corrected chi connectivity index (χ3v) is 3.61. The van der Waals surface area contributed by atoms with Gasteiger partial charge < -0.3 is 0 Å². The van der Waals surface area contributed by atoms with Crippen molar-refractivity contribution in [1.82, 2.24) is 5.43 Å². The lowest BCUT2D eigenvalue weighted by Crippen LogP contribution is -2.37. The van der Waals surface area contributed by atoms with E-state index in [0.29, 0.717) is 4.83 Å². The van der Waals surface area contributed by atoms with Crippen LogP contribution in [-0.4, -0.2) is 4.83 Å². The number of hydrogen-bond acceptors (Lipinski definition) is 2. The molecule has 3 N–H and O–H groups in total. The molecule has 2 atom stereocenters. The second kappa shape index (κ2) is 3.78. The molecule has 1 aliphatic carbocycles. The number of rotatable bonds is 1. The average molecular weight is 241 g/mol. The molecule has 2 nitrogen and oxygen atoms in total. The summed E-state index contributed by atoms with van der Waals surface area (Å²) in [7, 11) is 0. The van der Waals surface area contributed by atoms with E-state index in [9.17, 15) is 0 Å². The van der Waals surface area contributed by atoms with Crippen molar-refractivity contribution < 1.29 is 0 Å². The summed E-state index contributed by atoms with van der Waals surface area (Å²) in [4.78, 5) is 0.451. The second-order valence-corrected chi connectivity index (χ2v) is 4.57. The summed E-state index contributed by atoms with van der Waals surface area (Å²) in [6.45, 7) is 0. The third-order valence-electron chi connectivity index (χ3n) is 2.62. The van der Waals surface area contributed by atoms with Crippen LogP contribution in [0.2, 0.25) is 0 Å². The van der Waals surface area contributed by atoms with E-state index in [4.69, 9.17) is 5.84 Å². The van der Waals surface area contributed by atoms with E-state index in [1.165, 1.54) is 11.1 Å². The van der Waals surface area contributed by atoms with E-state index in [0.717, 1.165) is 12.8 Å². The Morgan fingerprint density at radius 3 is 2.92 bits per heavy atom. The number of nitrogens with one attached hydrogen (secondary N) is 1. The molecule has 1 aromatic carbocycles. The SMILES string of the molecule is NN[C@H]1c2ccccc2CC[C@H]1Br. The van der Waals surface area contributed by atoms with Gasteiger partial charge in [0.1, 0.15) is 0 Å². The Balaban J connectivity index is 2.39. The number of fused-ring (bicyclic) bond motifs is 1. The van der Waals surface area contributed by atoms with Crippen LogP contribution >= 0.6 is 15.9 Å². The molecule has 0 bridgehead atoms. The summed E-state index contributed by atoms with van der Waals surface area (Å²) < 4.78 is 0. The van der Waals surface area contributed by atoms with Crippen molar-refractivity contribution in [3.8, 4) is 0 Å². The third kappa shape index (κ3) is 1.64. The van der Waals surface area contributed by atoms with Gasteiger partial charge >= 0.3 is 0 Å². The molecular formula is C10H13BrN2. The highest BCUT2D eigenvalue weighted by Gasteiger charge is 2.25. The lowest BCUT2D eigenvalue weighted by atomic mass is 9.88. The van der Waals surface area contributed by atoms with Crippen LogP contribution in [0.3, 0.4) is 0 Å². The predicted molar refractivity (Wildman–Crippen MR) is 57.5 cm³/mol. The van der Waals surface area contributed by atoms with Crippen molar-refractivity contribution in [1.29, 1.82) is 0 Å². The van der Waals surface area contributed by atoms with Crippen LogP contribution in [-0.2, 0) is 6.42 Å². The van der Waals surface area contributed by atoms with Crippen LogP contribution in [0.1, 0.15) is 23.6 Å². The number of halogens is 1. The van der Waals surface area contributed by atoms with Gasteiger partial charge in [-0.2, -0.15) is 0 Å². The van der Waals surface area contributed by atoms with E-state index >= 15 is 0 Å². The van der Waals surface area contributed by atoms with Gasteiger partial charge in [-0.1, -0.05) is 40.2 Å². The Kier molecular flexibility index (Phi) is 2.67. The van der Waals surface area contributed by atoms with Crippen molar-refractivity contribution in [2.45, 2.75) is 23.7 Å². The first-order valence-electron chi connectivity index (χ1n) is 4.51. The van der Waals surface area contributed by atoms with Gasteiger partial charge in [-0.05, 0) is 24.0 Å². The molecule has 13 heavy (non-hydrogen) atoms. The molecule has 0 spiro atoms. The predicted octanol–water partition coefficient (Wildman–Crippen LogP) is 1.90. The van der Waals surface area contributed by atoms with Gasteiger partial charge in [0.25, 0.3) is 0 Å². The Labute approximate surface area is 86.6 Å². The summed E-state index contributed by atoms with van der Waals surface area (Å²) in [5.41, 5.74) is 5.61. The molecule has 2 rings (SSSR count). The van der Waals surface area contributed by atoms with Gasteiger partial charge in [0.2, 0.25) is 0 Å². The van der Waals surface area contributed by atoms with Crippen LogP contribution in [0.25, 0.3) is 0 Å². The molecule has 0 amide bonds. The molecule has 0 heterocycles. The number of benzene rings is 1. The monoisotopic (exact) mass is 240 g/mol. The Morgan fingerprint density at radius 2 is 2.15 bits per heavy atom. The largest absolute Gasteiger partial charge is 0.271 e. The van der Waals surface area contributed by atoms with Crippen molar-refractivity contribution in [2.75, 3.05) is 0 Å². The highest BCUT2D eigenvalue weighted by molar-refractivity contribution is 9.09. The number of nitrogens with two attached hydrogens (primary N) is 1. The molecule has 1 aromatic rings. The number of alkyl halides is 1. The van der Waals surface area contributed by atoms with Crippen molar-refractivity contribution in [3.05, 3.63) is 35.4 Å². The summed E-state index contributed by atoms with van der Waals surface area (Å²) in [6, 6.07) is 8.73. The van der Waals surface area contributed by atoms with E-state index < -0.39 is 0 Å². The molecule has 70 valence electrons. The fourth-order valence-corrected chi connectivity index (χ4v) is 2.58. The van der Waals surface area contributed by atoms with Gasteiger partial charge in [0.15, 0.2) is 0 Å².